The van der Waals surface area contributed by atoms with Crippen LogP contribution < -0.4 is 0 Å². The maximum atomic E-state index is 12.0. The predicted molar refractivity (Wildman–Crippen MR) is 52.8 cm³/mol. The number of hydrogen-bond acceptors (Lipinski definition) is 5. The Morgan fingerprint density at radius 1 is 1.40 bits per heavy atom. The number of ether oxygens (including phenoxy) is 2. The average molecular weight is 244 g/mol. The molecule has 1 atom stereocenters. The Bertz CT molecular complexity index is 241. The van der Waals surface area contributed by atoms with Gasteiger partial charge in [0, 0.05) is 6.61 Å². The van der Waals surface area contributed by atoms with Crippen molar-refractivity contribution in [1.82, 2.24) is 0 Å². The van der Waals surface area contributed by atoms with Crippen LogP contribution in [0.5, 0.6) is 0 Å². The van der Waals surface area contributed by atoms with Gasteiger partial charge in [0.15, 0.2) is 0 Å². The van der Waals surface area contributed by atoms with E-state index in [9.17, 15) is 12.3 Å². The van der Waals surface area contributed by atoms with Crippen LogP contribution in [0.1, 0.15) is 13.3 Å². The van der Waals surface area contributed by atoms with Crippen LogP contribution >= 0.6 is 0 Å². The van der Waals surface area contributed by atoms with Crippen molar-refractivity contribution in [3.8, 4) is 0 Å². The molecule has 0 heterocycles. The van der Waals surface area contributed by atoms with E-state index >= 15 is 0 Å². The Morgan fingerprint density at radius 3 is 2.53 bits per heavy atom. The molecule has 5 nitrogen and oxygen atoms in total. The van der Waals surface area contributed by atoms with Gasteiger partial charge in [-0.25, -0.2) is 0 Å². The lowest BCUT2D eigenvalue weighted by Crippen LogP contribution is -2.26. The lowest BCUT2D eigenvalue weighted by Gasteiger charge is -2.14. The van der Waals surface area contributed by atoms with E-state index in [0.29, 0.717) is 6.61 Å². The molecule has 0 aliphatic carbocycles. The van der Waals surface area contributed by atoms with Crippen LogP contribution in [-0.4, -0.2) is 51.8 Å². The standard InChI is InChI=1S/C8H17FO5S/c1-2-3-13-7-8(6-10)14-4-5-15(9,11)12/h8,10H,2-7H2,1H3. The largest absolute Gasteiger partial charge is 0.394 e. The summed E-state index contributed by atoms with van der Waals surface area (Å²) in [6, 6.07) is 0. The summed E-state index contributed by atoms with van der Waals surface area (Å²) >= 11 is 0. The fourth-order valence-corrected chi connectivity index (χ4v) is 1.12. The van der Waals surface area contributed by atoms with Crippen molar-refractivity contribution in [3.63, 3.8) is 0 Å². The first-order valence-electron chi connectivity index (χ1n) is 4.72. The van der Waals surface area contributed by atoms with E-state index in [2.05, 4.69) is 0 Å². The second-order valence-corrected chi connectivity index (χ2v) is 4.48. The SMILES string of the molecule is CCCOCC(CO)OCCS(=O)(=O)F. The zero-order chi connectivity index (χ0) is 11.7. The van der Waals surface area contributed by atoms with E-state index in [4.69, 9.17) is 14.6 Å². The van der Waals surface area contributed by atoms with Gasteiger partial charge in [-0.3, -0.25) is 0 Å². The minimum Gasteiger partial charge on any atom is -0.394 e. The van der Waals surface area contributed by atoms with Gasteiger partial charge in [-0.2, -0.15) is 8.42 Å². The van der Waals surface area contributed by atoms with Gasteiger partial charge < -0.3 is 14.6 Å². The van der Waals surface area contributed by atoms with Gasteiger partial charge in [0.1, 0.15) is 11.9 Å². The van der Waals surface area contributed by atoms with E-state index < -0.39 is 22.1 Å². The molecule has 92 valence electrons. The number of aliphatic hydroxyl groups excluding tert-OH is 1. The highest BCUT2D eigenvalue weighted by Gasteiger charge is 2.11. The first kappa shape index (κ1) is 14.8. The number of aliphatic hydroxyl groups is 1. The maximum absolute atomic E-state index is 12.0. The van der Waals surface area contributed by atoms with Crippen molar-refractivity contribution in [1.29, 1.82) is 0 Å². The highest BCUT2D eigenvalue weighted by Crippen LogP contribution is 1.97. The molecule has 15 heavy (non-hydrogen) atoms. The molecule has 0 aromatic rings. The molecular formula is C8H17FO5S. The zero-order valence-electron chi connectivity index (χ0n) is 8.69. The number of hydrogen-bond donors (Lipinski definition) is 1. The molecule has 0 rings (SSSR count). The molecule has 0 bridgehead atoms. The fourth-order valence-electron chi connectivity index (χ4n) is 0.827. The summed E-state index contributed by atoms with van der Waals surface area (Å²) in [6.45, 7) is 2.10. The van der Waals surface area contributed by atoms with Gasteiger partial charge in [-0.05, 0) is 6.42 Å². The smallest absolute Gasteiger partial charge is 0.304 e. The summed E-state index contributed by atoms with van der Waals surface area (Å²) in [5, 5.41) is 8.81. The van der Waals surface area contributed by atoms with Gasteiger partial charge in [-0.15, -0.1) is 3.89 Å². The highest BCUT2D eigenvalue weighted by molar-refractivity contribution is 7.86. The molecule has 7 heteroatoms. The van der Waals surface area contributed by atoms with Crippen molar-refractivity contribution in [2.45, 2.75) is 19.4 Å². The third-order valence-corrected chi connectivity index (χ3v) is 2.19. The van der Waals surface area contributed by atoms with Crippen LogP contribution in [0.2, 0.25) is 0 Å². The normalized spacial score (nSPS) is 14.1. The molecule has 0 aliphatic rings. The summed E-state index contributed by atoms with van der Waals surface area (Å²) in [6.07, 6.45) is 0.245. The summed E-state index contributed by atoms with van der Waals surface area (Å²) in [5.74, 6) is -0.697. The topological polar surface area (TPSA) is 72.8 Å². The molecule has 0 aliphatic heterocycles. The molecule has 0 amide bonds. The zero-order valence-corrected chi connectivity index (χ0v) is 9.50. The fraction of sp³-hybridized carbons (Fsp3) is 1.00. The quantitative estimate of drug-likeness (QED) is 0.459. The lowest BCUT2D eigenvalue weighted by molar-refractivity contribution is -0.0371. The van der Waals surface area contributed by atoms with Crippen LogP contribution in [0.4, 0.5) is 3.89 Å². The molecule has 0 fully saturated rings. The van der Waals surface area contributed by atoms with Crippen molar-refractivity contribution >= 4 is 10.2 Å². The third kappa shape index (κ3) is 10.1. The first-order valence-corrected chi connectivity index (χ1v) is 6.27. The Kier molecular flexibility index (Phi) is 7.85. The molecule has 0 aromatic carbocycles. The van der Waals surface area contributed by atoms with E-state index in [1.807, 2.05) is 6.92 Å². The van der Waals surface area contributed by atoms with Gasteiger partial charge in [0.05, 0.1) is 19.8 Å². The number of halogens is 1. The average Bonchev–Trinajstić information content (AvgIpc) is 2.14. The summed E-state index contributed by atoms with van der Waals surface area (Å²) in [4.78, 5) is 0. The van der Waals surface area contributed by atoms with E-state index in [-0.39, 0.29) is 19.8 Å². The van der Waals surface area contributed by atoms with Gasteiger partial charge in [0.25, 0.3) is 0 Å². The van der Waals surface area contributed by atoms with Crippen molar-refractivity contribution in [2.24, 2.45) is 0 Å². The molecular weight excluding hydrogens is 227 g/mol. The highest BCUT2D eigenvalue weighted by atomic mass is 32.3. The van der Waals surface area contributed by atoms with Crippen LogP contribution in [0.3, 0.4) is 0 Å². The Balaban J connectivity index is 3.61. The Labute approximate surface area is 89.4 Å². The molecule has 0 saturated heterocycles. The van der Waals surface area contributed by atoms with E-state index in [0.717, 1.165) is 6.42 Å². The maximum Gasteiger partial charge on any atom is 0.304 e. The molecule has 0 radical (unpaired) electrons. The van der Waals surface area contributed by atoms with E-state index in [1.165, 1.54) is 0 Å². The van der Waals surface area contributed by atoms with Crippen molar-refractivity contribution in [3.05, 3.63) is 0 Å². The lowest BCUT2D eigenvalue weighted by atomic mass is 10.4. The van der Waals surface area contributed by atoms with Crippen LogP contribution in [0.25, 0.3) is 0 Å². The second kappa shape index (κ2) is 7.98. The second-order valence-electron chi connectivity index (χ2n) is 2.99. The van der Waals surface area contributed by atoms with Crippen molar-refractivity contribution < 1.29 is 26.9 Å². The van der Waals surface area contributed by atoms with E-state index in [1.54, 1.807) is 0 Å². The van der Waals surface area contributed by atoms with Gasteiger partial charge >= 0.3 is 10.2 Å². The molecule has 1 unspecified atom stereocenters. The minimum atomic E-state index is -4.50. The Hall–Kier alpha value is -0.240. The van der Waals surface area contributed by atoms with Crippen LogP contribution in [0, 0.1) is 0 Å². The van der Waals surface area contributed by atoms with Gasteiger partial charge in [0.2, 0.25) is 0 Å². The first-order chi connectivity index (χ1) is 6.99. The minimum absolute atomic E-state index is 0.177. The van der Waals surface area contributed by atoms with Crippen LogP contribution in [0.15, 0.2) is 0 Å². The van der Waals surface area contributed by atoms with Crippen molar-refractivity contribution in [2.75, 3.05) is 32.2 Å². The number of rotatable bonds is 9. The predicted octanol–water partition coefficient (Wildman–Crippen LogP) is 0.0898. The third-order valence-electron chi connectivity index (χ3n) is 1.54. The summed E-state index contributed by atoms with van der Waals surface area (Å²) in [7, 11) is -4.50. The summed E-state index contributed by atoms with van der Waals surface area (Å²) < 4.78 is 42.3. The molecule has 0 saturated carbocycles. The molecule has 1 N–H and O–H groups in total. The van der Waals surface area contributed by atoms with Gasteiger partial charge in [-0.1, -0.05) is 6.92 Å². The monoisotopic (exact) mass is 244 g/mol. The molecule has 0 spiro atoms. The Morgan fingerprint density at radius 2 is 2.07 bits per heavy atom. The summed E-state index contributed by atoms with van der Waals surface area (Å²) in [5.41, 5.74) is 0. The van der Waals surface area contributed by atoms with Crippen LogP contribution in [-0.2, 0) is 19.7 Å². The molecule has 0 aromatic heterocycles.